The lowest BCUT2D eigenvalue weighted by molar-refractivity contribution is -0.117. The van der Waals surface area contributed by atoms with E-state index >= 15 is 0 Å². The summed E-state index contributed by atoms with van der Waals surface area (Å²) in [6.07, 6.45) is 2.21. The van der Waals surface area contributed by atoms with Gasteiger partial charge in [0, 0.05) is 5.69 Å². The highest BCUT2D eigenvalue weighted by molar-refractivity contribution is 5.93. The van der Waals surface area contributed by atoms with Gasteiger partial charge in [0.1, 0.15) is 0 Å². The van der Waals surface area contributed by atoms with E-state index in [-0.39, 0.29) is 5.91 Å². The van der Waals surface area contributed by atoms with Gasteiger partial charge < -0.3 is 11.1 Å². The number of hydrogen-bond donors (Lipinski definition) is 2. The number of nitrogens with one attached hydrogen (secondary N) is 1. The number of carbonyl (C=O) groups excluding carboxylic acids is 1. The molecule has 0 spiro atoms. The van der Waals surface area contributed by atoms with Crippen LogP contribution in [-0.4, -0.2) is 37.0 Å². The van der Waals surface area contributed by atoms with E-state index in [4.69, 9.17) is 5.73 Å². The number of amides is 1. The number of nitrogens with zero attached hydrogens (tertiary/aromatic N) is 1. The van der Waals surface area contributed by atoms with Gasteiger partial charge in [0.05, 0.1) is 6.54 Å². The predicted molar refractivity (Wildman–Crippen MR) is 87.5 cm³/mol. The van der Waals surface area contributed by atoms with Gasteiger partial charge in [-0.15, -0.1) is 0 Å². The van der Waals surface area contributed by atoms with Crippen molar-refractivity contribution >= 4 is 11.6 Å². The molecule has 2 rings (SSSR count). The number of benzene rings is 1. The van der Waals surface area contributed by atoms with Crippen LogP contribution in [0.25, 0.3) is 0 Å². The van der Waals surface area contributed by atoms with E-state index in [1.54, 1.807) is 0 Å². The molecule has 1 aliphatic heterocycles. The largest absolute Gasteiger partial charge is 0.330 e. The molecule has 4 nitrogen and oxygen atoms in total. The number of anilines is 1. The minimum absolute atomic E-state index is 0.0799. The normalized spacial score (nSPS) is 17.0. The summed E-state index contributed by atoms with van der Waals surface area (Å²) >= 11 is 0. The lowest BCUT2D eigenvalue weighted by atomic mass is 9.97. The number of likely N-dealkylation sites (tertiary alicyclic amines) is 1. The molecule has 0 aromatic heterocycles. The molecule has 0 bridgehead atoms. The van der Waals surface area contributed by atoms with Crippen LogP contribution in [0.5, 0.6) is 0 Å². The fourth-order valence-electron chi connectivity index (χ4n) is 3.14. The monoisotopic (exact) mass is 289 g/mol. The average Bonchev–Trinajstić information content (AvgIpc) is 2.43. The van der Waals surface area contributed by atoms with Crippen LogP contribution in [0.4, 0.5) is 5.69 Å². The van der Waals surface area contributed by atoms with Crippen LogP contribution >= 0.6 is 0 Å². The van der Waals surface area contributed by atoms with Gasteiger partial charge in [-0.25, -0.2) is 0 Å². The minimum atomic E-state index is 0.0799. The zero-order valence-electron chi connectivity index (χ0n) is 13.4. The Labute approximate surface area is 127 Å². The SMILES string of the molecule is Cc1cc(C)c(NC(=O)CN2CCC(CN)CC2)c(C)c1. The quantitative estimate of drug-likeness (QED) is 0.893. The summed E-state index contributed by atoms with van der Waals surface area (Å²) in [5.41, 5.74) is 10.1. The molecule has 0 radical (unpaired) electrons. The van der Waals surface area contributed by atoms with Gasteiger partial charge in [0.25, 0.3) is 0 Å². The molecule has 0 saturated carbocycles. The van der Waals surface area contributed by atoms with Gasteiger partial charge in [-0.2, -0.15) is 0 Å². The number of carbonyl (C=O) groups is 1. The molecule has 1 saturated heterocycles. The Morgan fingerprint density at radius 1 is 1.24 bits per heavy atom. The molecule has 1 aromatic carbocycles. The van der Waals surface area contributed by atoms with Crippen LogP contribution in [-0.2, 0) is 4.79 Å². The van der Waals surface area contributed by atoms with E-state index in [2.05, 4.69) is 29.3 Å². The fraction of sp³-hybridized carbons (Fsp3) is 0.588. The third kappa shape index (κ3) is 4.29. The zero-order chi connectivity index (χ0) is 15.4. The second-order valence-corrected chi connectivity index (χ2v) is 6.28. The summed E-state index contributed by atoms with van der Waals surface area (Å²) in [4.78, 5) is 14.5. The molecule has 1 fully saturated rings. The summed E-state index contributed by atoms with van der Waals surface area (Å²) in [5.74, 6) is 0.710. The van der Waals surface area contributed by atoms with E-state index in [9.17, 15) is 4.79 Å². The lowest BCUT2D eigenvalue weighted by Crippen LogP contribution is -2.40. The number of hydrogen-bond acceptors (Lipinski definition) is 3. The number of nitrogens with two attached hydrogens (primary N) is 1. The Morgan fingerprint density at radius 2 is 1.81 bits per heavy atom. The third-order valence-corrected chi connectivity index (χ3v) is 4.35. The Bertz CT molecular complexity index is 482. The van der Waals surface area contributed by atoms with Crippen molar-refractivity contribution in [2.24, 2.45) is 11.7 Å². The number of piperidine rings is 1. The van der Waals surface area contributed by atoms with Gasteiger partial charge in [0.2, 0.25) is 5.91 Å². The van der Waals surface area contributed by atoms with Gasteiger partial charge in [-0.1, -0.05) is 17.7 Å². The van der Waals surface area contributed by atoms with Crippen molar-refractivity contribution in [3.63, 3.8) is 0 Å². The van der Waals surface area contributed by atoms with Gasteiger partial charge >= 0.3 is 0 Å². The molecule has 4 heteroatoms. The highest BCUT2D eigenvalue weighted by Gasteiger charge is 2.20. The Balaban J connectivity index is 1.91. The van der Waals surface area contributed by atoms with Crippen LogP contribution < -0.4 is 11.1 Å². The van der Waals surface area contributed by atoms with Crippen molar-refractivity contribution in [3.05, 3.63) is 28.8 Å². The van der Waals surface area contributed by atoms with E-state index < -0.39 is 0 Å². The fourth-order valence-corrected chi connectivity index (χ4v) is 3.14. The molecule has 1 aromatic rings. The minimum Gasteiger partial charge on any atom is -0.330 e. The smallest absolute Gasteiger partial charge is 0.238 e. The first kappa shape index (κ1) is 16.0. The molecule has 1 amide bonds. The van der Waals surface area contributed by atoms with Crippen molar-refractivity contribution < 1.29 is 4.79 Å². The maximum atomic E-state index is 12.2. The van der Waals surface area contributed by atoms with Crippen molar-refractivity contribution in [1.29, 1.82) is 0 Å². The Morgan fingerprint density at radius 3 is 2.33 bits per heavy atom. The summed E-state index contributed by atoms with van der Waals surface area (Å²) < 4.78 is 0. The summed E-state index contributed by atoms with van der Waals surface area (Å²) in [5, 5.41) is 3.07. The van der Waals surface area contributed by atoms with Crippen LogP contribution in [0, 0.1) is 26.7 Å². The predicted octanol–water partition coefficient (Wildman–Crippen LogP) is 2.22. The van der Waals surface area contributed by atoms with E-state index in [1.807, 2.05) is 13.8 Å². The van der Waals surface area contributed by atoms with E-state index in [0.29, 0.717) is 12.5 Å². The first-order chi connectivity index (χ1) is 9.99. The first-order valence-electron chi connectivity index (χ1n) is 7.79. The molecular formula is C17H27N3O. The molecule has 21 heavy (non-hydrogen) atoms. The standard InChI is InChI=1S/C17H27N3O/c1-12-8-13(2)17(14(3)9-12)19-16(21)11-20-6-4-15(10-18)5-7-20/h8-9,15H,4-7,10-11,18H2,1-3H3,(H,19,21). The first-order valence-corrected chi connectivity index (χ1v) is 7.79. The van der Waals surface area contributed by atoms with Crippen LogP contribution in [0.2, 0.25) is 0 Å². The van der Waals surface area contributed by atoms with Gasteiger partial charge in [-0.3, -0.25) is 9.69 Å². The molecule has 1 aliphatic rings. The second kappa shape index (κ2) is 7.05. The molecule has 0 unspecified atom stereocenters. The maximum absolute atomic E-state index is 12.2. The second-order valence-electron chi connectivity index (χ2n) is 6.28. The van der Waals surface area contributed by atoms with E-state index in [1.165, 1.54) is 5.56 Å². The average molecular weight is 289 g/mol. The number of aryl methyl sites for hydroxylation is 3. The van der Waals surface area contributed by atoms with Crippen LogP contribution in [0.1, 0.15) is 29.5 Å². The zero-order valence-corrected chi connectivity index (χ0v) is 13.4. The summed E-state index contributed by atoms with van der Waals surface area (Å²) in [7, 11) is 0. The lowest BCUT2D eigenvalue weighted by Gasteiger charge is -2.30. The highest BCUT2D eigenvalue weighted by Crippen LogP contribution is 2.22. The van der Waals surface area contributed by atoms with Crippen LogP contribution in [0.3, 0.4) is 0 Å². The highest BCUT2D eigenvalue weighted by atomic mass is 16.2. The van der Waals surface area contributed by atoms with Gasteiger partial charge in [-0.05, 0) is 70.3 Å². The van der Waals surface area contributed by atoms with Gasteiger partial charge in [0.15, 0.2) is 0 Å². The van der Waals surface area contributed by atoms with Crippen molar-refractivity contribution in [3.8, 4) is 0 Å². The molecular weight excluding hydrogens is 262 g/mol. The summed E-state index contributed by atoms with van der Waals surface area (Å²) in [6, 6.07) is 4.21. The Kier molecular flexibility index (Phi) is 5.37. The molecule has 116 valence electrons. The molecule has 0 aliphatic carbocycles. The molecule has 1 heterocycles. The molecule has 0 atom stereocenters. The van der Waals surface area contributed by atoms with Crippen molar-refractivity contribution in [2.45, 2.75) is 33.6 Å². The topological polar surface area (TPSA) is 58.4 Å². The Hall–Kier alpha value is -1.39. The number of rotatable bonds is 4. The van der Waals surface area contributed by atoms with Crippen molar-refractivity contribution in [1.82, 2.24) is 4.90 Å². The van der Waals surface area contributed by atoms with Crippen LogP contribution in [0.15, 0.2) is 12.1 Å². The van der Waals surface area contributed by atoms with E-state index in [0.717, 1.165) is 49.3 Å². The maximum Gasteiger partial charge on any atom is 0.238 e. The summed E-state index contributed by atoms with van der Waals surface area (Å²) in [6.45, 7) is 9.35. The third-order valence-electron chi connectivity index (χ3n) is 4.35. The van der Waals surface area contributed by atoms with Crippen molar-refractivity contribution in [2.75, 3.05) is 31.5 Å². The molecule has 3 N–H and O–H groups in total.